The molecule has 0 amide bonds. The molecule has 0 spiro atoms. The molecule has 0 saturated heterocycles. The van der Waals surface area contributed by atoms with Crippen LogP contribution in [0.1, 0.15) is 309 Å². The number of carbonyl (C=O) groups is 5. The van der Waals surface area contributed by atoms with Crippen LogP contribution in [-0.4, -0.2) is 128 Å². The van der Waals surface area contributed by atoms with Crippen molar-refractivity contribution in [1.82, 2.24) is 0 Å². The molecule has 0 aliphatic heterocycles. The van der Waals surface area contributed by atoms with Gasteiger partial charge in [0.15, 0.2) is 0 Å². The van der Waals surface area contributed by atoms with Crippen LogP contribution in [0.4, 0.5) is 0 Å². The first-order chi connectivity index (χ1) is 34.7. The molecule has 0 heterocycles. The summed E-state index contributed by atoms with van der Waals surface area (Å²) in [4.78, 5) is 47.0. The van der Waals surface area contributed by atoms with E-state index in [0.717, 1.165) is 87.8 Å². The van der Waals surface area contributed by atoms with E-state index in [1.807, 2.05) is 6.92 Å². The Labute approximate surface area is 673 Å². The maximum Gasteiger partial charge on any atom is 2.00 e. The van der Waals surface area contributed by atoms with Crippen LogP contribution in [0.5, 0.6) is 0 Å². The summed E-state index contributed by atoms with van der Waals surface area (Å²) in [6.45, 7) is 57.0. The molecule has 13 nitrogen and oxygen atoms in total. The van der Waals surface area contributed by atoms with Crippen molar-refractivity contribution in [2.45, 2.75) is 312 Å². The van der Waals surface area contributed by atoms with Gasteiger partial charge in [-0.3, -0.25) is 4.79 Å². The van der Waals surface area contributed by atoms with E-state index in [9.17, 15) is 24.6 Å². The molecule has 85 heavy (non-hydrogen) atoms. The molecule has 0 bridgehead atoms. The molecule has 3 aliphatic carbocycles. The second-order valence-electron chi connectivity index (χ2n) is 19.9. The molecular weight excluding hydrogens is 1160 g/mol. The predicted molar refractivity (Wildman–Crippen MR) is 379 cm³/mol. The van der Waals surface area contributed by atoms with E-state index in [-0.39, 0.29) is 213 Å². The van der Waals surface area contributed by atoms with Crippen LogP contribution >= 0.6 is 0 Å². The van der Waals surface area contributed by atoms with E-state index in [1.54, 1.807) is 52.7 Å². The maximum absolute atomic E-state index is 10.6. The molecule has 1 fully saturated rings. The summed E-state index contributed by atoms with van der Waals surface area (Å²) < 4.78 is 0. The summed E-state index contributed by atoms with van der Waals surface area (Å²) in [6.07, 6.45) is 42.5. The molecule has 0 aromatic heterocycles. The average Bonchev–Trinajstić information content (AvgIpc) is 3.35. The van der Waals surface area contributed by atoms with Crippen LogP contribution in [0.15, 0.2) is 73.9 Å². The number of carbonyl (C=O) groups excluding carboxylic acids is 5. The van der Waals surface area contributed by atoms with Crippen LogP contribution < -0.4 is 113 Å². The van der Waals surface area contributed by atoms with Gasteiger partial charge in [0.1, 0.15) is 30.9 Å². The van der Waals surface area contributed by atoms with Crippen molar-refractivity contribution >= 4 is 100 Å². The Kier molecular flexibility index (Phi) is 280. The zero-order valence-corrected chi connectivity index (χ0v) is 71.9. The summed E-state index contributed by atoms with van der Waals surface area (Å²) in [6, 6.07) is 0. The van der Waals surface area contributed by atoms with Gasteiger partial charge in [0, 0.05) is 25.7 Å². The molecule has 2 unspecified atom stereocenters. The van der Waals surface area contributed by atoms with E-state index in [4.69, 9.17) is 9.59 Å². The standard InChI is InChI=1S/2C8H14.C7H12O.2C6H12.C5H10O.C5H12.2C4H9O.C3H6O.C3H8.2C2H4O.2C2H4.2K.3Mg.6H2O.6H/c2*1-7-3-5-8(2)6-4-7;1-6-2-4-7(8)5-3-6;2*1-3-5-6-4-2;1-2-3-4-5-6;1-3-5-4-2;2*1-4(2,3)5;1-2-3-4;1-3-2;2*1-2-3;2*1-2;;;;;;;;;;;;;;;;;/h2*3,8H,4-6H2,1-2H3;6H,2-5H2,1H3;2*3,5H,4,6H2,1-2H3;5H,2-4H2,1H3;3-5H2,1-2H3;2*1-3H3;3H,2H2,1H3;3H2,1-2H3;2*2H,1H3;2*1-2H2;;;;;;6*1H2;;;;;;/q;;;;;;;2*-1;;;;;;;2*+1;3*+2;;;;;;;6*-1/b;;;2*5-3+;;;;;;;;;;;;;;;;;;;;;;;;;;;. The SMILES string of the molecule is C/C=C/CCC.C/C=C/CCC.C=C.C=C.CC(C)(C)[O-].CC(C)(C)[O-].CC1=CCC(C)CC1.CC1=CCC(C)CC1.CC1CCC(=O)CC1.CC=O.CC=O.CCC.CCC=O.CCCCC.CCCCC=O.[H-].[H-].[H-].[H-].[H-].[H-].[K+].[K+].[Mg+2].[Mg+2].[Mg+2].[OH-].[OH-].[OH-].[OH3+].[OH3+].[OH3+]. The van der Waals surface area contributed by atoms with Crippen LogP contribution in [-0.2, 0) is 40.4 Å². The summed E-state index contributed by atoms with van der Waals surface area (Å²) in [5, 5.41) is 20.2. The van der Waals surface area contributed by atoms with Crippen molar-refractivity contribution in [1.29, 1.82) is 0 Å². The van der Waals surface area contributed by atoms with Crippen LogP contribution in [0.25, 0.3) is 0 Å². The Morgan fingerprint density at radius 1 is 0.494 bits per heavy atom. The Bertz CT molecular complexity index is 1130. The fourth-order valence-electron chi connectivity index (χ4n) is 4.58. The van der Waals surface area contributed by atoms with Gasteiger partial charge in [-0.05, 0) is 130 Å². The maximum atomic E-state index is 10.6. The molecule has 0 aromatic carbocycles. The molecular formula is C67H152K2Mg3O13. The van der Waals surface area contributed by atoms with Crippen molar-refractivity contribution in [2.24, 2.45) is 17.8 Å². The number of hydrogen-bond donors (Lipinski definition) is 0. The fraction of sp³-hybridized carbons (Fsp3) is 0.746. The minimum Gasteiger partial charge on any atom is -1.00 e. The Hall–Kier alpha value is 2.04. The largest absolute Gasteiger partial charge is 2.00 e. The smallest absolute Gasteiger partial charge is 1.00 e. The third-order valence-corrected chi connectivity index (χ3v) is 8.56. The Morgan fingerprint density at radius 3 is 0.812 bits per heavy atom. The molecule has 0 aromatic rings. The normalized spacial score (nSPS) is 12.7. The summed E-state index contributed by atoms with van der Waals surface area (Å²) >= 11 is 0. The van der Waals surface area contributed by atoms with Gasteiger partial charge < -0.3 is 70.8 Å². The molecule has 3 aliphatic rings. The summed E-state index contributed by atoms with van der Waals surface area (Å²) in [5.74, 6) is 3.15. The number of aldehydes is 4. The number of rotatable bonds is 10. The monoisotopic (exact) mass is 1320 g/mol. The first-order valence-electron chi connectivity index (χ1n) is 28.8. The molecule has 2 atom stereocenters. The van der Waals surface area contributed by atoms with Gasteiger partial charge in [-0.25, -0.2) is 0 Å². The Balaban J connectivity index is -0.0000000168. The first kappa shape index (κ1) is 157. The van der Waals surface area contributed by atoms with E-state index in [2.05, 4.69) is 160 Å². The summed E-state index contributed by atoms with van der Waals surface area (Å²) in [7, 11) is 0. The quantitative estimate of drug-likeness (QED) is 0.0654. The predicted octanol–water partition coefficient (Wildman–Crippen LogP) is 10.1. The van der Waals surface area contributed by atoms with Gasteiger partial charge in [-0.1, -0.05) is 210 Å². The fourth-order valence-corrected chi connectivity index (χ4v) is 4.58. The van der Waals surface area contributed by atoms with Crippen molar-refractivity contribution in [3.63, 3.8) is 0 Å². The number of Topliss-reactive ketones (excluding diaryl/α,β-unsaturated/α-hetero) is 1. The Morgan fingerprint density at radius 2 is 0.718 bits per heavy atom. The van der Waals surface area contributed by atoms with Gasteiger partial charge in [-0.2, -0.15) is 0 Å². The number of ketones is 1. The number of hydrogen-bond acceptors (Lipinski definition) is 10. The third kappa shape index (κ3) is 313. The van der Waals surface area contributed by atoms with Crippen LogP contribution in [0.3, 0.4) is 0 Å². The van der Waals surface area contributed by atoms with Crippen molar-refractivity contribution < 1.29 is 178 Å². The molecule has 0 radical (unpaired) electrons. The van der Waals surface area contributed by atoms with Crippen molar-refractivity contribution in [3.05, 3.63) is 73.9 Å². The minimum atomic E-state index is -0.750. The van der Waals surface area contributed by atoms with E-state index in [1.165, 1.54) is 104 Å². The molecule has 12 N–H and O–H groups in total. The second-order valence-corrected chi connectivity index (χ2v) is 19.9. The van der Waals surface area contributed by atoms with E-state index in [0.29, 0.717) is 12.2 Å². The minimum absolute atomic E-state index is 0. The van der Waals surface area contributed by atoms with E-state index >= 15 is 0 Å². The second kappa shape index (κ2) is 152. The molecule has 506 valence electrons. The first-order valence-corrected chi connectivity index (χ1v) is 28.8. The van der Waals surface area contributed by atoms with Crippen LogP contribution in [0.2, 0.25) is 0 Å². The molecule has 3 rings (SSSR count). The van der Waals surface area contributed by atoms with Crippen molar-refractivity contribution in [3.8, 4) is 0 Å². The van der Waals surface area contributed by atoms with Gasteiger partial charge in [0.25, 0.3) is 0 Å². The van der Waals surface area contributed by atoms with Gasteiger partial charge >= 0.3 is 172 Å². The zero-order valence-electron chi connectivity index (χ0n) is 67.4. The van der Waals surface area contributed by atoms with Gasteiger partial charge in [-0.15, -0.1) is 37.5 Å². The number of allylic oxidation sites excluding steroid dienone is 8. The van der Waals surface area contributed by atoms with Gasteiger partial charge in [0.05, 0.1) is 0 Å². The van der Waals surface area contributed by atoms with E-state index < -0.39 is 11.2 Å². The number of unbranched alkanes of at least 4 members (excludes halogenated alkanes) is 6. The average molecular weight is 1320 g/mol. The zero-order chi connectivity index (χ0) is 61.1. The molecule has 1 saturated carbocycles. The van der Waals surface area contributed by atoms with Crippen LogP contribution in [0, 0.1) is 17.8 Å². The van der Waals surface area contributed by atoms with Crippen molar-refractivity contribution in [2.75, 3.05) is 0 Å². The third-order valence-electron chi connectivity index (χ3n) is 8.56. The topological polar surface area (TPSA) is 320 Å². The van der Waals surface area contributed by atoms with Gasteiger partial charge in [0.2, 0.25) is 0 Å². The summed E-state index contributed by atoms with van der Waals surface area (Å²) in [5.41, 5.74) is 1.67. The molecule has 18 heteroatoms.